The molecule has 0 spiro atoms. The van der Waals surface area contributed by atoms with Crippen LogP contribution in [-0.2, 0) is 16.6 Å². The van der Waals surface area contributed by atoms with Gasteiger partial charge in [0.25, 0.3) is 5.91 Å². The van der Waals surface area contributed by atoms with E-state index in [0.717, 1.165) is 16.7 Å². The van der Waals surface area contributed by atoms with Gasteiger partial charge in [-0.1, -0.05) is 72.8 Å². The Bertz CT molecular complexity index is 1320. The molecule has 0 atom stereocenters. The molecular weight excluding hydrogens is 432 g/mol. The summed E-state index contributed by atoms with van der Waals surface area (Å²) in [5, 5.41) is 2.82. The molecule has 0 radical (unpaired) electrons. The second kappa shape index (κ2) is 9.81. The molecule has 6 heteroatoms. The van der Waals surface area contributed by atoms with Gasteiger partial charge in [0.2, 0.25) is 10.0 Å². The van der Waals surface area contributed by atoms with Crippen LogP contribution in [0.15, 0.2) is 114 Å². The second-order valence-corrected chi connectivity index (χ2v) is 9.71. The van der Waals surface area contributed by atoms with Crippen molar-refractivity contribution in [2.24, 2.45) is 0 Å². The van der Waals surface area contributed by atoms with Crippen molar-refractivity contribution < 1.29 is 13.2 Å². The molecular formula is C27H24N2O3S. The molecule has 4 aromatic rings. The normalized spacial score (nSPS) is 11.3. The number of sulfonamides is 1. The molecule has 33 heavy (non-hydrogen) atoms. The van der Waals surface area contributed by atoms with E-state index in [2.05, 4.69) is 5.32 Å². The summed E-state index contributed by atoms with van der Waals surface area (Å²) in [6.07, 6.45) is 0. The van der Waals surface area contributed by atoms with Crippen molar-refractivity contribution in [1.82, 2.24) is 4.31 Å². The lowest BCUT2D eigenvalue weighted by Crippen LogP contribution is -2.26. The lowest BCUT2D eigenvalue weighted by Gasteiger charge is -2.17. The van der Waals surface area contributed by atoms with Crippen molar-refractivity contribution in [2.75, 3.05) is 12.4 Å². The number of nitrogens with zero attached hydrogens (tertiary/aromatic N) is 1. The van der Waals surface area contributed by atoms with Crippen LogP contribution in [0.4, 0.5) is 5.69 Å². The van der Waals surface area contributed by atoms with Gasteiger partial charge in [-0.2, -0.15) is 4.31 Å². The van der Waals surface area contributed by atoms with Gasteiger partial charge < -0.3 is 5.32 Å². The van der Waals surface area contributed by atoms with Gasteiger partial charge in [0.1, 0.15) is 0 Å². The number of hydrogen-bond donors (Lipinski definition) is 1. The summed E-state index contributed by atoms with van der Waals surface area (Å²) < 4.78 is 27.1. The molecule has 0 fully saturated rings. The van der Waals surface area contributed by atoms with Crippen molar-refractivity contribution in [3.8, 4) is 11.1 Å². The molecule has 1 amide bonds. The van der Waals surface area contributed by atoms with Gasteiger partial charge in [-0.15, -0.1) is 0 Å². The third kappa shape index (κ3) is 5.37. The molecule has 0 heterocycles. The summed E-state index contributed by atoms with van der Waals surface area (Å²) >= 11 is 0. The molecule has 4 aromatic carbocycles. The van der Waals surface area contributed by atoms with E-state index in [0.29, 0.717) is 11.3 Å². The Kier molecular flexibility index (Phi) is 6.68. The van der Waals surface area contributed by atoms with Crippen LogP contribution >= 0.6 is 0 Å². The van der Waals surface area contributed by atoms with Crippen molar-refractivity contribution in [3.63, 3.8) is 0 Å². The first-order chi connectivity index (χ1) is 15.9. The summed E-state index contributed by atoms with van der Waals surface area (Å²) in [5.74, 6) is -0.258. The Morgan fingerprint density at radius 1 is 0.727 bits per heavy atom. The molecule has 0 saturated heterocycles. The van der Waals surface area contributed by atoms with Gasteiger partial charge in [0.15, 0.2) is 0 Å². The highest BCUT2D eigenvalue weighted by molar-refractivity contribution is 7.89. The summed E-state index contributed by atoms with van der Waals surface area (Å²) in [6, 6.07) is 32.9. The van der Waals surface area contributed by atoms with E-state index in [9.17, 15) is 13.2 Å². The molecule has 4 rings (SSSR count). The van der Waals surface area contributed by atoms with Crippen molar-refractivity contribution in [2.45, 2.75) is 11.4 Å². The van der Waals surface area contributed by atoms with Crippen LogP contribution < -0.4 is 5.32 Å². The van der Waals surface area contributed by atoms with E-state index in [1.807, 2.05) is 72.8 Å². The summed E-state index contributed by atoms with van der Waals surface area (Å²) in [5.41, 5.74) is 4.07. The van der Waals surface area contributed by atoms with Crippen LogP contribution in [-0.4, -0.2) is 25.7 Å². The molecule has 0 aliphatic carbocycles. The highest BCUT2D eigenvalue weighted by atomic mass is 32.2. The fourth-order valence-corrected chi connectivity index (χ4v) is 4.62. The maximum absolute atomic E-state index is 12.9. The van der Waals surface area contributed by atoms with Gasteiger partial charge in [0.05, 0.1) is 4.90 Å². The highest BCUT2D eigenvalue weighted by Crippen LogP contribution is 2.21. The Balaban J connectivity index is 1.42. The number of anilines is 1. The standard InChI is InChI=1S/C27H24N2O3S/c1-29(20-21-8-4-2-5-9-21)33(31,32)26-18-16-25(17-19-26)28-27(30)24-14-12-23(13-15-24)22-10-6-3-7-11-22/h2-19H,20H2,1H3,(H,28,30). The summed E-state index contributed by atoms with van der Waals surface area (Å²) in [4.78, 5) is 12.8. The third-order valence-corrected chi connectivity index (χ3v) is 7.14. The predicted octanol–water partition coefficient (Wildman–Crippen LogP) is 5.43. The first-order valence-corrected chi connectivity index (χ1v) is 11.9. The SMILES string of the molecule is CN(Cc1ccccc1)S(=O)(=O)c1ccc(NC(=O)c2ccc(-c3ccccc3)cc2)cc1. The molecule has 0 unspecified atom stereocenters. The average Bonchev–Trinajstić information content (AvgIpc) is 2.85. The van der Waals surface area contributed by atoms with E-state index in [-0.39, 0.29) is 17.3 Å². The minimum Gasteiger partial charge on any atom is -0.322 e. The minimum absolute atomic E-state index is 0.172. The number of nitrogens with one attached hydrogen (secondary N) is 1. The van der Waals surface area contributed by atoms with Crippen LogP contribution in [0.3, 0.4) is 0 Å². The van der Waals surface area contributed by atoms with Crippen LogP contribution in [0.5, 0.6) is 0 Å². The summed E-state index contributed by atoms with van der Waals surface area (Å²) in [6.45, 7) is 0.278. The number of rotatable bonds is 7. The zero-order valence-electron chi connectivity index (χ0n) is 18.2. The Morgan fingerprint density at radius 3 is 1.88 bits per heavy atom. The Morgan fingerprint density at radius 2 is 1.27 bits per heavy atom. The van der Waals surface area contributed by atoms with E-state index in [1.54, 1.807) is 31.3 Å². The van der Waals surface area contributed by atoms with Crippen molar-refractivity contribution in [1.29, 1.82) is 0 Å². The van der Waals surface area contributed by atoms with Gasteiger partial charge in [-0.05, 0) is 53.1 Å². The largest absolute Gasteiger partial charge is 0.322 e. The zero-order valence-corrected chi connectivity index (χ0v) is 19.0. The number of carbonyl (C=O) groups excluding carboxylic acids is 1. The van der Waals surface area contributed by atoms with E-state index >= 15 is 0 Å². The van der Waals surface area contributed by atoms with Gasteiger partial charge >= 0.3 is 0 Å². The average molecular weight is 457 g/mol. The molecule has 5 nitrogen and oxygen atoms in total. The van der Waals surface area contributed by atoms with Gasteiger partial charge in [0, 0.05) is 24.8 Å². The molecule has 166 valence electrons. The van der Waals surface area contributed by atoms with Crippen molar-refractivity contribution >= 4 is 21.6 Å². The molecule has 0 bridgehead atoms. The predicted molar refractivity (Wildman–Crippen MR) is 131 cm³/mol. The van der Waals surface area contributed by atoms with Crippen LogP contribution in [0.1, 0.15) is 15.9 Å². The van der Waals surface area contributed by atoms with Crippen molar-refractivity contribution in [3.05, 3.63) is 120 Å². The van der Waals surface area contributed by atoms with E-state index < -0.39 is 10.0 Å². The topological polar surface area (TPSA) is 66.5 Å². The van der Waals surface area contributed by atoms with Gasteiger partial charge in [-0.25, -0.2) is 8.42 Å². The Hall–Kier alpha value is -3.74. The van der Waals surface area contributed by atoms with Crippen LogP contribution in [0, 0.1) is 0 Å². The number of amides is 1. The first-order valence-electron chi connectivity index (χ1n) is 10.5. The van der Waals surface area contributed by atoms with Crippen LogP contribution in [0.25, 0.3) is 11.1 Å². The highest BCUT2D eigenvalue weighted by Gasteiger charge is 2.21. The first kappa shape index (κ1) is 22.5. The van der Waals surface area contributed by atoms with Crippen LogP contribution in [0.2, 0.25) is 0 Å². The molecule has 0 aliphatic rings. The molecule has 1 N–H and O–H groups in total. The smallest absolute Gasteiger partial charge is 0.255 e. The molecule has 0 aliphatic heterocycles. The second-order valence-electron chi connectivity index (χ2n) is 7.67. The fourth-order valence-electron chi connectivity index (χ4n) is 3.46. The number of carbonyl (C=O) groups is 1. The number of benzene rings is 4. The summed E-state index contributed by atoms with van der Waals surface area (Å²) in [7, 11) is -2.09. The van der Waals surface area contributed by atoms with E-state index in [1.165, 1.54) is 16.4 Å². The van der Waals surface area contributed by atoms with Gasteiger partial charge in [-0.3, -0.25) is 4.79 Å². The maximum Gasteiger partial charge on any atom is 0.255 e. The minimum atomic E-state index is -3.65. The van der Waals surface area contributed by atoms with E-state index in [4.69, 9.17) is 0 Å². The monoisotopic (exact) mass is 456 g/mol. The number of hydrogen-bond acceptors (Lipinski definition) is 3. The third-order valence-electron chi connectivity index (χ3n) is 5.32. The lowest BCUT2D eigenvalue weighted by atomic mass is 10.0. The lowest BCUT2D eigenvalue weighted by molar-refractivity contribution is 0.102. The fraction of sp³-hybridized carbons (Fsp3) is 0.0741. The maximum atomic E-state index is 12.9. The molecule has 0 aromatic heterocycles. The molecule has 0 saturated carbocycles. The quantitative estimate of drug-likeness (QED) is 0.403. The Labute approximate surface area is 194 Å². The zero-order chi connectivity index (χ0) is 23.3.